The molecule has 0 fully saturated rings. The molecular formula is C17H16N4. The van der Waals surface area contributed by atoms with Crippen LogP contribution in [0.2, 0.25) is 0 Å². The first-order valence-corrected chi connectivity index (χ1v) is 6.74. The maximum Gasteiger partial charge on any atom is 0.0951 e. The fourth-order valence-corrected chi connectivity index (χ4v) is 2.13. The molecule has 0 saturated heterocycles. The Morgan fingerprint density at radius 3 is 2.62 bits per heavy atom. The molecule has 0 bridgehead atoms. The van der Waals surface area contributed by atoms with Crippen LogP contribution >= 0.6 is 0 Å². The average Bonchev–Trinajstić information content (AvgIpc) is 2.53. The highest BCUT2D eigenvalue weighted by Gasteiger charge is 2.01. The van der Waals surface area contributed by atoms with Crippen LogP contribution in [0, 0.1) is 0 Å². The summed E-state index contributed by atoms with van der Waals surface area (Å²) in [6.45, 7) is 1.96. The summed E-state index contributed by atoms with van der Waals surface area (Å²) < 4.78 is 0. The molecule has 104 valence electrons. The number of rotatable bonds is 3. The number of para-hydroxylation sites is 1. The zero-order valence-corrected chi connectivity index (χ0v) is 11.7. The molecule has 21 heavy (non-hydrogen) atoms. The molecule has 3 rings (SSSR count). The summed E-state index contributed by atoms with van der Waals surface area (Å²) in [6.07, 6.45) is 1.78. The molecule has 1 heterocycles. The molecule has 4 heteroatoms. The Kier molecular flexibility index (Phi) is 3.51. The van der Waals surface area contributed by atoms with Gasteiger partial charge in [0.2, 0.25) is 0 Å². The summed E-state index contributed by atoms with van der Waals surface area (Å²) >= 11 is 0. The van der Waals surface area contributed by atoms with E-state index in [0.717, 1.165) is 33.6 Å². The molecule has 0 spiro atoms. The maximum absolute atomic E-state index is 5.69. The first kappa shape index (κ1) is 13.1. The number of aromatic nitrogens is 1. The SMILES string of the molecule is CC(=NNc1cccc2cccnc12)c1ccc(N)cc1. The molecule has 0 saturated carbocycles. The Labute approximate surface area is 123 Å². The van der Waals surface area contributed by atoms with Gasteiger partial charge in [-0.3, -0.25) is 10.4 Å². The molecule has 0 aliphatic heterocycles. The van der Waals surface area contributed by atoms with Gasteiger partial charge in [-0.25, -0.2) is 0 Å². The van der Waals surface area contributed by atoms with Crippen molar-refractivity contribution in [1.82, 2.24) is 4.98 Å². The second-order valence-corrected chi connectivity index (χ2v) is 4.81. The molecule has 0 radical (unpaired) electrons. The molecule has 0 aliphatic rings. The summed E-state index contributed by atoms with van der Waals surface area (Å²) in [4.78, 5) is 4.40. The number of hydrogen-bond donors (Lipinski definition) is 2. The van der Waals surface area contributed by atoms with Gasteiger partial charge in [-0.2, -0.15) is 5.10 Å². The zero-order valence-electron chi connectivity index (χ0n) is 11.7. The van der Waals surface area contributed by atoms with Crippen LogP contribution in [0.25, 0.3) is 10.9 Å². The third-order valence-electron chi connectivity index (χ3n) is 3.31. The highest BCUT2D eigenvalue weighted by Crippen LogP contribution is 2.20. The molecular weight excluding hydrogens is 260 g/mol. The minimum absolute atomic E-state index is 0.748. The van der Waals surface area contributed by atoms with Gasteiger partial charge in [0.15, 0.2) is 0 Å². The molecule has 2 aromatic carbocycles. The summed E-state index contributed by atoms with van der Waals surface area (Å²) in [5.74, 6) is 0. The van der Waals surface area contributed by atoms with Crippen LogP contribution in [-0.4, -0.2) is 10.7 Å². The van der Waals surface area contributed by atoms with Crippen molar-refractivity contribution in [2.75, 3.05) is 11.2 Å². The van der Waals surface area contributed by atoms with Gasteiger partial charge in [0, 0.05) is 17.3 Å². The first-order valence-electron chi connectivity index (χ1n) is 6.74. The second kappa shape index (κ2) is 5.63. The van der Waals surface area contributed by atoms with Gasteiger partial charge < -0.3 is 5.73 Å². The average molecular weight is 276 g/mol. The van der Waals surface area contributed by atoms with Crippen molar-refractivity contribution in [3.05, 3.63) is 66.4 Å². The zero-order chi connectivity index (χ0) is 14.7. The quantitative estimate of drug-likeness (QED) is 0.436. The number of hydrazone groups is 1. The van der Waals surface area contributed by atoms with E-state index in [-0.39, 0.29) is 0 Å². The molecule has 4 nitrogen and oxygen atoms in total. The lowest BCUT2D eigenvalue weighted by atomic mass is 10.1. The van der Waals surface area contributed by atoms with Gasteiger partial charge in [0.25, 0.3) is 0 Å². The van der Waals surface area contributed by atoms with E-state index in [1.807, 2.05) is 61.5 Å². The number of hydrogen-bond acceptors (Lipinski definition) is 4. The minimum atomic E-state index is 0.748. The van der Waals surface area contributed by atoms with Gasteiger partial charge in [0.05, 0.1) is 16.9 Å². The number of fused-ring (bicyclic) bond motifs is 1. The normalized spacial score (nSPS) is 11.6. The van der Waals surface area contributed by atoms with Crippen molar-refractivity contribution in [2.24, 2.45) is 5.10 Å². The van der Waals surface area contributed by atoms with E-state index in [0.29, 0.717) is 0 Å². The Hall–Kier alpha value is -2.88. The third kappa shape index (κ3) is 2.84. The molecule has 0 unspecified atom stereocenters. The summed E-state index contributed by atoms with van der Waals surface area (Å²) in [5.41, 5.74) is 13.3. The van der Waals surface area contributed by atoms with Gasteiger partial charge in [0.1, 0.15) is 0 Å². The number of nitrogens with two attached hydrogens (primary N) is 1. The molecule has 3 aromatic rings. The fraction of sp³-hybridized carbons (Fsp3) is 0.0588. The van der Waals surface area contributed by atoms with Crippen molar-refractivity contribution >= 4 is 28.0 Å². The number of pyridine rings is 1. The van der Waals surface area contributed by atoms with Crippen molar-refractivity contribution in [3.8, 4) is 0 Å². The number of benzene rings is 2. The van der Waals surface area contributed by atoms with Crippen molar-refractivity contribution < 1.29 is 0 Å². The molecule has 3 N–H and O–H groups in total. The van der Waals surface area contributed by atoms with E-state index in [4.69, 9.17) is 5.73 Å². The predicted molar refractivity (Wildman–Crippen MR) is 88.4 cm³/mol. The Morgan fingerprint density at radius 1 is 1.05 bits per heavy atom. The minimum Gasteiger partial charge on any atom is -0.399 e. The molecule has 0 atom stereocenters. The van der Waals surface area contributed by atoms with Crippen LogP contribution in [0.4, 0.5) is 11.4 Å². The van der Waals surface area contributed by atoms with E-state index in [1.54, 1.807) is 6.20 Å². The number of anilines is 2. The van der Waals surface area contributed by atoms with Crippen LogP contribution in [0.5, 0.6) is 0 Å². The van der Waals surface area contributed by atoms with Crippen LogP contribution in [0.1, 0.15) is 12.5 Å². The van der Waals surface area contributed by atoms with E-state index in [2.05, 4.69) is 15.5 Å². The standard InChI is InChI=1S/C17H16N4/c1-12(13-7-9-15(18)10-8-13)20-21-16-6-2-4-14-5-3-11-19-17(14)16/h2-11,21H,18H2,1H3. The molecule has 0 aliphatic carbocycles. The van der Waals surface area contributed by atoms with E-state index >= 15 is 0 Å². The van der Waals surface area contributed by atoms with Crippen molar-refractivity contribution in [2.45, 2.75) is 6.92 Å². The predicted octanol–water partition coefficient (Wildman–Crippen LogP) is 3.65. The number of nitrogens with zero attached hydrogens (tertiary/aromatic N) is 2. The van der Waals surface area contributed by atoms with Crippen LogP contribution in [0.3, 0.4) is 0 Å². The Balaban J connectivity index is 1.88. The maximum atomic E-state index is 5.69. The fourth-order valence-electron chi connectivity index (χ4n) is 2.13. The Bertz CT molecular complexity index is 786. The van der Waals surface area contributed by atoms with Gasteiger partial charge in [-0.1, -0.05) is 30.3 Å². The van der Waals surface area contributed by atoms with Crippen LogP contribution in [0.15, 0.2) is 65.9 Å². The van der Waals surface area contributed by atoms with E-state index in [1.165, 1.54) is 0 Å². The first-order chi connectivity index (χ1) is 10.2. The highest BCUT2D eigenvalue weighted by molar-refractivity contribution is 6.00. The monoisotopic (exact) mass is 276 g/mol. The van der Waals surface area contributed by atoms with Gasteiger partial charge >= 0.3 is 0 Å². The van der Waals surface area contributed by atoms with E-state index < -0.39 is 0 Å². The van der Waals surface area contributed by atoms with E-state index in [9.17, 15) is 0 Å². The second-order valence-electron chi connectivity index (χ2n) is 4.81. The summed E-state index contributed by atoms with van der Waals surface area (Å²) in [5, 5.41) is 5.52. The number of nitrogen functional groups attached to an aromatic ring is 1. The smallest absolute Gasteiger partial charge is 0.0951 e. The molecule has 0 amide bonds. The topological polar surface area (TPSA) is 63.3 Å². The van der Waals surface area contributed by atoms with Gasteiger partial charge in [-0.05, 0) is 36.8 Å². The van der Waals surface area contributed by atoms with Crippen molar-refractivity contribution in [1.29, 1.82) is 0 Å². The van der Waals surface area contributed by atoms with Crippen molar-refractivity contribution in [3.63, 3.8) is 0 Å². The lowest BCUT2D eigenvalue weighted by Crippen LogP contribution is -2.00. The summed E-state index contributed by atoms with van der Waals surface area (Å²) in [7, 11) is 0. The third-order valence-corrected chi connectivity index (χ3v) is 3.31. The number of nitrogens with one attached hydrogen (secondary N) is 1. The van der Waals surface area contributed by atoms with Gasteiger partial charge in [-0.15, -0.1) is 0 Å². The lowest BCUT2D eigenvalue weighted by molar-refractivity contribution is 1.31. The highest BCUT2D eigenvalue weighted by atomic mass is 15.3. The Morgan fingerprint density at radius 2 is 1.81 bits per heavy atom. The molecule has 1 aromatic heterocycles. The summed E-state index contributed by atoms with van der Waals surface area (Å²) in [6, 6.07) is 17.6. The van der Waals surface area contributed by atoms with Crippen LogP contribution in [-0.2, 0) is 0 Å². The lowest BCUT2D eigenvalue weighted by Gasteiger charge is -2.06. The largest absolute Gasteiger partial charge is 0.399 e. The van der Waals surface area contributed by atoms with Crippen LogP contribution < -0.4 is 11.2 Å².